The number of benzene rings is 1. The van der Waals surface area contributed by atoms with Crippen molar-refractivity contribution in [1.29, 1.82) is 0 Å². The summed E-state index contributed by atoms with van der Waals surface area (Å²) in [4.78, 5) is 17.6. The fourth-order valence-corrected chi connectivity index (χ4v) is 2.65. The number of hydrogen-bond donors (Lipinski definition) is 2. The van der Waals surface area contributed by atoms with E-state index in [1.54, 1.807) is 6.07 Å². The Morgan fingerprint density at radius 1 is 1.48 bits per heavy atom. The second-order valence-electron chi connectivity index (χ2n) is 5.35. The fraction of sp³-hybridized carbons (Fsp3) is 0.500. The summed E-state index contributed by atoms with van der Waals surface area (Å²) in [5.41, 5.74) is 1.35. The molecule has 1 unspecified atom stereocenters. The van der Waals surface area contributed by atoms with Crippen molar-refractivity contribution in [2.24, 2.45) is 5.92 Å². The van der Waals surface area contributed by atoms with Crippen molar-refractivity contribution in [3.8, 4) is 6.01 Å². The van der Waals surface area contributed by atoms with Crippen LogP contribution in [0.4, 0.5) is 5.69 Å². The van der Waals surface area contributed by atoms with Gasteiger partial charge in [-0.05, 0) is 44.3 Å². The minimum absolute atomic E-state index is 0.0472. The molecule has 0 aliphatic carbocycles. The number of nitrogens with zero attached hydrogens (tertiary/aromatic N) is 2. The van der Waals surface area contributed by atoms with Gasteiger partial charge in [-0.3, -0.25) is 10.1 Å². The lowest BCUT2D eigenvalue weighted by molar-refractivity contribution is -0.384. The molecule has 1 aliphatic rings. The van der Waals surface area contributed by atoms with E-state index in [0.717, 1.165) is 19.5 Å². The van der Waals surface area contributed by atoms with Crippen LogP contribution in [0.5, 0.6) is 6.01 Å². The number of hydrogen-bond acceptors (Lipinski definition) is 5. The van der Waals surface area contributed by atoms with E-state index < -0.39 is 4.92 Å². The molecule has 0 radical (unpaired) electrons. The average molecular weight is 290 g/mol. The van der Waals surface area contributed by atoms with Crippen LogP contribution in [0, 0.1) is 16.0 Å². The molecule has 21 heavy (non-hydrogen) atoms. The van der Waals surface area contributed by atoms with Crippen molar-refractivity contribution in [2.45, 2.75) is 19.3 Å². The van der Waals surface area contributed by atoms with Crippen molar-refractivity contribution in [1.82, 2.24) is 15.3 Å². The van der Waals surface area contributed by atoms with Crippen LogP contribution < -0.4 is 10.1 Å². The highest BCUT2D eigenvalue weighted by Crippen LogP contribution is 2.22. The number of fused-ring (bicyclic) bond motifs is 1. The number of rotatable bonds is 5. The number of ether oxygens (including phenoxy) is 1. The minimum Gasteiger partial charge on any atom is -0.465 e. The largest absolute Gasteiger partial charge is 0.465 e. The predicted octanol–water partition coefficient (Wildman–Crippen LogP) is 2.24. The van der Waals surface area contributed by atoms with E-state index in [9.17, 15) is 10.1 Å². The molecular formula is C14H18N4O3. The molecule has 7 nitrogen and oxygen atoms in total. The molecule has 3 rings (SSSR count). The maximum absolute atomic E-state index is 10.7. The molecule has 0 saturated carbocycles. The van der Waals surface area contributed by atoms with Crippen LogP contribution in [0.2, 0.25) is 0 Å². The lowest BCUT2D eigenvalue weighted by Crippen LogP contribution is -2.30. The average Bonchev–Trinajstić information content (AvgIpc) is 2.90. The maximum Gasteiger partial charge on any atom is 0.294 e. The first kappa shape index (κ1) is 13.8. The van der Waals surface area contributed by atoms with Gasteiger partial charge in [0.05, 0.1) is 22.6 Å². The van der Waals surface area contributed by atoms with Crippen molar-refractivity contribution in [3.05, 3.63) is 28.3 Å². The van der Waals surface area contributed by atoms with Gasteiger partial charge in [0.15, 0.2) is 0 Å². The summed E-state index contributed by atoms with van der Waals surface area (Å²) in [6, 6.07) is 4.97. The summed E-state index contributed by atoms with van der Waals surface area (Å²) in [6.45, 7) is 2.77. The minimum atomic E-state index is -0.420. The van der Waals surface area contributed by atoms with E-state index in [2.05, 4.69) is 15.3 Å². The zero-order valence-corrected chi connectivity index (χ0v) is 11.7. The Bertz CT molecular complexity index is 634. The Morgan fingerprint density at radius 3 is 3.14 bits per heavy atom. The normalized spacial score (nSPS) is 18.8. The van der Waals surface area contributed by atoms with Crippen molar-refractivity contribution >= 4 is 16.7 Å². The first-order valence-electron chi connectivity index (χ1n) is 7.20. The SMILES string of the molecule is O=[N+]([O-])c1ccc2nc(OCCC3CCCNC3)[nH]c2c1. The topological polar surface area (TPSA) is 93.1 Å². The van der Waals surface area contributed by atoms with Crippen LogP contribution >= 0.6 is 0 Å². The van der Waals surface area contributed by atoms with Gasteiger partial charge in [0.2, 0.25) is 0 Å². The number of aromatic amines is 1. The molecule has 1 fully saturated rings. The van der Waals surface area contributed by atoms with Crippen LogP contribution in [0.1, 0.15) is 19.3 Å². The Balaban J connectivity index is 1.60. The molecule has 1 aliphatic heterocycles. The maximum atomic E-state index is 10.7. The summed E-state index contributed by atoms with van der Waals surface area (Å²) in [6.07, 6.45) is 3.45. The molecule has 0 bridgehead atoms. The van der Waals surface area contributed by atoms with Gasteiger partial charge in [0.1, 0.15) is 0 Å². The van der Waals surface area contributed by atoms with E-state index >= 15 is 0 Å². The lowest BCUT2D eigenvalue weighted by atomic mass is 9.97. The monoisotopic (exact) mass is 290 g/mol. The Kier molecular flexibility index (Phi) is 4.01. The molecule has 1 aromatic heterocycles. The van der Waals surface area contributed by atoms with E-state index in [1.807, 2.05) is 0 Å². The molecule has 112 valence electrons. The molecule has 2 heterocycles. The summed E-state index contributed by atoms with van der Waals surface area (Å²) < 4.78 is 5.63. The molecule has 2 aromatic rings. The smallest absolute Gasteiger partial charge is 0.294 e. The molecule has 2 N–H and O–H groups in total. The van der Waals surface area contributed by atoms with Gasteiger partial charge in [-0.25, -0.2) is 0 Å². The molecule has 7 heteroatoms. The van der Waals surface area contributed by atoms with E-state index in [-0.39, 0.29) is 5.69 Å². The fourth-order valence-electron chi connectivity index (χ4n) is 2.65. The first-order chi connectivity index (χ1) is 10.2. The number of nitro groups is 1. The molecule has 1 atom stereocenters. The van der Waals surface area contributed by atoms with E-state index in [1.165, 1.54) is 25.0 Å². The number of aromatic nitrogens is 2. The second kappa shape index (κ2) is 6.09. The Morgan fingerprint density at radius 2 is 2.38 bits per heavy atom. The highest BCUT2D eigenvalue weighted by Gasteiger charge is 2.14. The number of imidazole rings is 1. The molecule has 0 spiro atoms. The van der Waals surface area contributed by atoms with Crippen molar-refractivity contribution in [3.63, 3.8) is 0 Å². The van der Waals surface area contributed by atoms with Gasteiger partial charge in [0.25, 0.3) is 11.7 Å². The van der Waals surface area contributed by atoms with Gasteiger partial charge < -0.3 is 15.0 Å². The third-order valence-corrected chi connectivity index (χ3v) is 3.82. The van der Waals surface area contributed by atoms with E-state index in [4.69, 9.17) is 4.74 Å². The number of nitro benzene ring substituents is 1. The highest BCUT2D eigenvalue weighted by atomic mass is 16.6. The predicted molar refractivity (Wildman–Crippen MR) is 78.5 cm³/mol. The van der Waals surface area contributed by atoms with Gasteiger partial charge in [-0.15, -0.1) is 0 Å². The highest BCUT2D eigenvalue weighted by molar-refractivity contribution is 5.78. The zero-order chi connectivity index (χ0) is 14.7. The summed E-state index contributed by atoms with van der Waals surface area (Å²) >= 11 is 0. The number of non-ortho nitro benzene ring substituents is 1. The quantitative estimate of drug-likeness (QED) is 0.650. The first-order valence-corrected chi connectivity index (χ1v) is 7.20. The van der Waals surface area contributed by atoms with Crippen LogP contribution in [0.3, 0.4) is 0 Å². The third-order valence-electron chi connectivity index (χ3n) is 3.82. The zero-order valence-electron chi connectivity index (χ0n) is 11.7. The van der Waals surface area contributed by atoms with Crippen LogP contribution in [0.15, 0.2) is 18.2 Å². The van der Waals surface area contributed by atoms with Gasteiger partial charge >= 0.3 is 0 Å². The standard InChI is InChI=1S/C14H18N4O3/c19-18(20)11-3-4-12-13(8-11)17-14(16-12)21-7-5-10-2-1-6-15-9-10/h3-4,8,10,15H,1-2,5-7,9H2,(H,16,17). The number of H-pyrrole nitrogens is 1. The molecular weight excluding hydrogens is 272 g/mol. The van der Waals surface area contributed by atoms with Crippen molar-refractivity contribution < 1.29 is 9.66 Å². The van der Waals surface area contributed by atoms with Gasteiger partial charge in [-0.2, -0.15) is 4.98 Å². The molecule has 0 amide bonds. The Labute approximate surface area is 121 Å². The van der Waals surface area contributed by atoms with Crippen LogP contribution in [0.25, 0.3) is 11.0 Å². The summed E-state index contributed by atoms with van der Waals surface area (Å²) in [5, 5.41) is 14.1. The van der Waals surface area contributed by atoms with Crippen LogP contribution in [-0.4, -0.2) is 34.6 Å². The third kappa shape index (κ3) is 3.30. The van der Waals surface area contributed by atoms with Gasteiger partial charge in [0, 0.05) is 12.1 Å². The van der Waals surface area contributed by atoms with Crippen molar-refractivity contribution in [2.75, 3.05) is 19.7 Å². The molecule has 1 aromatic carbocycles. The number of nitrogens with one attached hydrogen (secondary N) is 2. The van der Waals surface area contributed by atoms with Gasteiger partial charge in [-0.1, -0.05) is 0 Å². The van der Waals surface area contributed by atoms with E-state index in [0.29, 0.717) is 29.6 Å². The summed E-state index contributed by atoms with van der Waals surface area (Å²) in [5.74, 6) is 0.657. The van der Waals surface area contributed by atoms with Crippen LogP contribution in [-0.2, 0) is 0 Å². The lowest BCUT2D eigenvalue weighted by Gasteiger charge is -2.22. The number of piperidine rings is 1. The Hall–Kier alpha value is -2.15. The summed E-state index contributed by atoms with van der Waals surface area (Å²) in [7, 11) is 0. The molecule has 1 saturated heterocycles. The second-order valence-corrected chi connectivity index (χ2v) is 5.35.